The number of rotatable bonds is 10. The molecule has 0 unspecified atom stereocenters. The zero-order valence-corrected chi connectivity index (χ0v) is 28.0. The van der Waals surface area contributed by atoms with E-state index in [0.29, 0.717) is 23.1 Å². The standard InChI is InChI=1S/C34H47N3O8/c1-10-20-16-34(20,31(42)44-9)17-27(38)26-13-21(37-25-14-22(43-8)11-12-23(25)28(39)18-35-37)19-36(26)30(41)24(32(2,3)4)15-29(40)45-33(5,6)7/h11-12,14,18,20-21,24,26H,10,13,15-17,19H2,1-9H3/t20-,21-,24-,26+,34-/m1/s1. The number of benzene rings is 1. The van der Waals surface area contributed by atoms with Crippen LogP contribution in [0.3, 0.4) is 0 Å². The van der Waals surface area contributed by atoms with Gasteiger partial charge in [0.05, 0.1) is 55.8 Å². The predicted octanol–water partition coefficient (Wildman–Crippen LogP) is 4.49. The fourth-order valence-electron chi connectivity index (χ4n) is 6.71. The lowest BCUT2D eigenvalue weighted by atomic mass is 9.77. The highest BCUT2D eigenvalue weighted by Gasteiger charge is 2.61. The van der Waals surface area contributed by atoms with Crippen LogP contribution in [0.15, 0.2) is 29.2 Å². The summed E-state index contributed by atoms with van der Waals surface area (Å²) in [5.74, 6) is -1.70. The van der Waals surface area contributed by atoms with Crippen LogP contribution in [0.25, 0.3) is 10.9 Å². The number of Topliss-reactive ketones (excluding diaryl/α,β-unsaturated/α-hetero) is 1. The Bertz CT molecular complexity index is 1530. The van der Waals surface area contributed by atoms with Gasteiger partial charge in [-0.05, 0) is 57.1 Å². The van der Waals surface area contributed by atoms with Gasteiger partial charge in [-0.15, -0.1) is 0 Å². The summed E-state index contributed by atoms with van der Waals surface area (Å²) in [6.45, 7) is 13.1. The van der Waals surface area contributed by atoms with Gasteiger partial charge in [-0.2, -0.15) is 5.10 Å². The summed E-state index contributed by atoms with van der Waals surface area (Å²) in [6.07, 6.45) is 2.55. The molecule has 1 aromatic carbocycles. The Kier molecular flexibility index (Phi) is 9.52. The molecule has 4 rings (SSSR count). The van der Waals surface area contributed by atoms with Crippen LogP contribution in [-0.2, 0) is 28.7 Å². The van der Waals surface area contributed by atoms with Crippen molar-refractivity contribution >= 4 is 34.5 Å². The minimum absolute atomic E-state index is 0.0294. The van der Waals surface area contributed by atoms with Crippen molar-refractivity contribution in [2.45, 2.75) is 98.3 Å². The molecule has 1 saturated carbocycles. The largest absolute Gasteiger partial charge is 0.497 e. The van der Waals surface area contributed by atoms with Gasteiger partial charge in [0.15, 0.2) is 5.78 Å². The topological polar surface area (TPSA) is 134 Å². The van der Waals surface area contributed by atoms with Gasteiger partial charge >= 0.3 is 11.9 Å². The van der Waals surface area contributed by atoms with E-state index < -0.39 is 46.4 Å². The third-order valence-electron chi connectivity index (χ3n) is 9.24. The quantitative estimate of drug-likeness (QED) is 0.350. The van der Waals surface area contributed by atoms with Crippen LogP contribution < -0.4 is 10.2 Å². The molecule has 1 aromatic heterocycles. The Morgan fingerprint density at radius 3 is 2.33 bits per heavy atom. The fourth-order valence-corrected chi connectivity index (χ4v) is 6.71. The first-order valence-corrected chi connectivity index (χ1v) is 15.6. The summed E-state index contributed by atoms with van der Waals surface area (Å²) in [7, 11) is 2.85. The van der Waals surface area contributed by atoms with Crippen molar-refractivity contribution in [1.29, 1.82) is 0 Å². The van der Waals surface area contributed by atoms with E-state index in [1.807, 2.05) is 27.7 Å². The maximum atomic E-state index is 14.5. The minimum Gasteiger partial charge on any atom is -0.497 e. The van der Waals surface area contributed by atoms with Crippen molar-refractivity contribution in [2.24, 2.45) is 22.7 Å². The maximum Gasteiger partial charge on any atom is 0.312 e. The molecule has 2 fully saturated rings. The molecule has 11 heteroatoms. The number of ketones is 1. The van der Waals surface area contributed by atoms with Gasteiger partial charge in [-0.1, -0.05) is 34.1 Å². The second-order valence-electron chi connectivity index (χ2n) is 14.5. The van der Waals surface area contributed by atoms with Crippen LogP contribution >= 0.6 is 0 Å². The minimum atomic E-state index is -0.900. The number of carbonyl (C=O) groups is 4. The van der Waals surface area contributed by atoms with E-state index in [9.17, 15) is 24.0 Å². The molecule has 1 aliphatic carbocycles. The van der Waals surface area contributed by atoms with Gasteiger partial charge in [0.25, 0.3) is 0 Å². The van der Waals surface area contributed by atoms with Crippen molar-refractivity contribution in [2.75, 3.05) is 20.8 Å². The number of aromatic nitrogens is 2. The number of amides is 1. The summed E-state index contributed by atoms with van der Waals surface area (Å²) in [4.78, 5) is 68.7. The lowest BCUT2D eigenvalue weighted by molar-refractivity contribution is -0.161. The molecular weight excluding hydrogens is 578 g/mol. The number of hydrogen-bond acceptors (Lipinski definition) is 9. The number of carbonyl (C=O) groups excluding carboxylic acids is 4. The Morgan fingerprint density at radius 2 is 1.78 bits per heavy atom. The molecule has 0 radical (unpaired) electrons. The third kappa shape index (κ3) is 7.07. The average Bonchev–Trinajstić information content (AvgIpc) is 3.49. The maximum absolute atomic E-state index is 14.5. The first-order chi connectivity index (χ1) is 20.9. The van der Waals surface area contributed by atoms with Crippen LogP contribution in [0.1, 0.15) is 86.6 Å². The van der Waals surface area contributed by atoms with Crippen molar-refractivity contribution in [3.05, 3.63) is 34.6 Å². The van der Waals surface area contributed by atoms with Gasteiger partial charge in [0.2, 0.25) is 11.3 Å². The summed E-state index contributed by atoms with van der Waals surface area (Å²) < 4.78 is 17.8. The first kappa shape index (κ1) is 34.1. The van der Waals surface area contributed by atoms with Gasteiger partial charge < -0.3 is 19.1 Å². The van der Waals surface area contributed by atoms with E-state index in [4.69, 9.17) is 14.2 Å². The molecule has 246 valence electrons. The van der Waals surface area contributed by atoms with Crippen LogP contribution in [0, 0.1) is 22.7 Å². The van der Waals surface area contributed by atoms with E-state index in [-0.39, 0.29) is 48.8 Å². The van der Waals surface area contributed by atoms with Crippen molar-refractivity contribution in [3.63, 3.8) is 0 Å². The highest BCUT2D eigenvalue weighted by molar-refractivity contribution is 5.96. The van der Waals surface area contributed by atoms with E-state index in [1.165, 1.54) is 20.4 Å². The molecular formula is C34H47N3O8. The molecule has 1 saturated heterocycles. The summed E-state index contributed by atoms with van der Waals surface area (Å²) in [5, 5.41) is 4.87. The lowest BCUT2D eigenvalue weighted by Crippen LogP contribution is -2.48. The van der Waals surface area contributed by atoms with Gasteiger partial charge in [0.1, 0.15) is 11.4 Å². The summed E-state index contributed by atoms with van der Waals surface area (Å²) in [5.41, 5.74) is -1.99. The molecule has 5 atom stereocenters. The lowest BCUT2D eigenvalue weighted by Gasteiger charge is -2.35. The van der Waals surface area contributed by atoms with Crippen molar-refractivity contribution in [1.82, 2.24) is 14.7 Å². The van der Waals surface area contributed by atoms with Crippen LogP contribution in [0.5, 0.6) is 5.75 Å². The second-order valence-corrected chi connectivity index (χ2v) is 14.5. The average molecular weight is 626 g/mol. The van der Waals surface area contributed by atoms with Gasteiger partial charge in [0, 0.05) is 24.4 Å². The molecule has 0 spiro atoms. The Labute approximate surface area is 264 Å². The number of esters is 2. The number of likely N-dealkylation sites (tertiary alicyclic amines) is 1. The molecule has 0 bridgehead atoms. The van der Waals surface area contributed by atoms with Crippen molar-refractivity contribution < 1.29 is 33.4 Å². The van der Waals surface area contributed by atoms with Gasteiger partial charge in [-0.25, -0.2) is 0 Å². The first-order valence-electron chi connectivity index (χ1n) is 15.6. The number of hydrogen-bond donors (Lipinski definition) is 0. The van der Waals surface area contributed by atoms with E-state index in [2.05, 4.69) is 5.10 Å². The number of fused-ring (bicyclic) bond motifs is 1. The highest BCUT2D eigenvalue weighted by atomic mass is 16.6. The monoisotopic (exact) mass is 625 g/mol. The molecule has 0 N–H and O–H groups in total. The van der Waals surface area contributed by atoms with Crippen LogP contribution in [0.4, 0.5) is 0 Å². The zero-order valence-electron chi connectivity index (χ0n) is 28.0. The second kappa shape index (κ2) is 12.6. The Hall–Kier alpha value is -3.76. The predicted molar refractivity (Wildman–Crippen MR) is 168 cm³/mol. The van der Waals surface area contributed by atoms with Crippen molar-refractivity contribution in [3.8, 4) is 5.75 Å². The molecule has 45 heavy (non-hydrogen) atoms. The Morgan fingerprint density at radius 1 is 1.09 bits per heavy atom. The number of nitrogens with zero attached hydrogens (tertiary/aromatic N) is 3. The van der Waals surface area contributed by atoms with Gasteiger partial charge in [-0.3, -0.25) is 28.7 Å². The SMILES string of the molecule is CC[C@@H]1C[C@]1(CC(=O)[C@@H]1C[C@@H](n2ncc(=O)c3ccc(OC)cc32)CN1C(=O)[C@@H](CC(=O)OC(C)(C)C)C(C)(C)C)C(=O)OC. The third-order valence-corrected chi connectivity index (χ3v) is 9.24. The normalized spacial score (nSPS) is 23.8. The van der Waals surface area contributed by atoms with Crippen LogP contribution in [0.2, 0.25) is 0 Å². The molecule has 2 heterocycles. The smallest absolute Gasteiger partial charge is 0.312 e. The highest BCUT2D eigenvalue weighted by Crippen LogP contribution is 2.58. The molecule has 2 aromatic rings. The Balaban J connectivity index is 1.75. The molecule has 1 aliphatic heterocycles. The summed E-state index contributed by atoms with van der Waals surface area (Å²) >= 11 is 0. The van der Waals surface area contributed by atoms with E-state index >= 15 is 0 Å². The number of ether oxygens (including phenoxy) is 3. The molecule has 2 aliphatic rings. The summed E-state index contributed by atoms with van der Waals surface area (Å²) in [6, 6.07) is 3.75. The van der Waals surface area contributed by atoms with E-state index in [0.717, 1.165) is 6.42 Å². The molecule has 1 amide bonds. The number of methoxy groups -OCH3 is 2. The fraction of sp³-hybridized carbons (Fsp3) is 0.647. The molecule has 11 nitrogen and oxygen atoms in total. The van der Waals surface area contributed by atoms with Crippen LogP contribution in [-0.4, -0.2) is 70.7 Å². The van der Waals surface area contributed by atoms with E-state index in [1.54, 1.807) is 48.6 Å². The zero-order chi connectivity index (χ0) is 33.5.